The van der Waals surface area contributed by atoms with Gasteiger partial charge in [0.05, 0.1) is 22.4 Å². The van der Waals surface area contributed by atoms with Gasteiger partial charge in [-0.1, -0.05) is 0 Å². The van der Waals surface area contributed by atoms with Crippen LogP contribution in [0.5, 0.6) is 5.75 Å². The number of aromatic nitrogens is 1. The number of nitro groups is 1. The molecule has 0 spiro atoms. The fourth-order valence-corrected chi connectivity index (χ4v) is 1.52. The van der Waals surface area contributed by atoms with Crippen molar-refractivity contribution in [3.05, 3.63) is 57.9 Å². The highest BCUT2D eigenvalue weighted by atomic mass is 19.1. The fourth-order valence-electron chi connectivity index (χ4n) is 1.52. The van der Waals surface area contributed by atoms with Crippen LogP contribution >= 0.6 is 0 Å². The third kappa shape index (κ3) is 3.08. The van der Waals surface area contributed by atoms with Crippen molar-refractivity contribution >= 4 is 17.3 Å². The minimum atomic E-state index is -1.35. The molecular formula is C12H7F2N3O4. The first-order valence-electron chi connectivity index (χ1n) is 5.47. The summed E-state index contributed by atoms with van der Waals surface area (Å²) in [5.41, 5.74) is -1.63. The quantitative estimate of drug-likeness (QED) is 0.667. The minimum absolute atomic E-state index is 0.0959. The Kier molecular flexibility index (Phi) is 3.74. The van der Waals surface area contributed by atoms with Gasteiger partial charge in [-0.15, -0.1) is 0 Å². The number of nitrogens with one attached hydrogen (secondary N) is 1. The van der Waals surface area contributed by atoms with E-state index in [4.69, 9.17) is 0 Å². The largest absolute Gasteiger partial charge is 0.506 e. The van der Waals surface area contributed by atoms with Crippen LogP contribution in [0.15, 0.2) is 30.6 Å². The van der Waals surface area contributed by atoms with Gasteiger partial charge in [-0.2, -0.15) is 4.39 Å². The summed E-state index contributed by atoms with van der Waals surface area (Å²) in [6, 6.07) is 1.94. The smallest absolute Gasteiger partial charge is 0.307 e. The lowest BCUT2D eigenvalue weighted by Crippen LogP contribution is -2.13. The molecule has 0 aliphatic rings. The summed E-state index contributed by atoms with van der Waals surface area (Å²) in [5.74, 6) is -3.67. The summed E-state index contributed by atoms with van der Waals surface area (Å²) >= 11 is 0. The lowest BCUT2D eigenvalue weighted by Gasteiger charge is -2.07. The highest BCUT2D eigenvalue weighted by Gasteiger charge is 2.20. The lowest BCUT2D eigenvalue weighted by molar-refractivity contribution is -0.387. The van der Waals surface area contributed by atoms with Crippen molar-refractivity contribution in [2.24, 2.45) is 0 Å². The number of hydrogen-bond acceptors (Lipinski definition) is 5. The molecule has 108 valence electrons. The van der Waals surface area contributed by atoms with E-state index in [0.29, 0.717) is 12.1 Å². The van der Waals surface area contributed by atoms with E-state index in [1.165, 1.54) is 0 Å². The van der Waals surface area contributed by atoms with Crippen LogP contribution in [-0.4, -0.2) is 20.9 Å². The van der Waals surface area contributed by atoms with Crippen molar-refractivity contribution in [3.63, 3.8) is 0 Å². The van der Waals surface area contributed by atoms with Gasteiger partial charge in [0, 0.05) is 18.3 Å². The molecule has 2 aromatic rings. The molecule has 9 heteroatoms. The number of carbonyl (C=O) groups is 1. The SMILES string of the molecule is O=C(Nc1cc([N+](=O)[O-])c(F)cc1F)c1cncc(O)c1. The third-order valence-corrected chi connectivity index (χ3v) is 2.47. The van der Waals surface area contributed by atoms with Gasteiger partial charge in [-0.25, -0.2) is 4.39 Å². The number of nitro benzene ring substituents is 1. The molecule has 0 saturated carbocycles. The fraction of sp³-hybridized carbons (Fsp3) is 0. The zero-order valence-electron chi connectivity index (χ0n) is 10.2. The van der Waals surface area contributed by atoms with Gasteiger partial charge in [0.2, 0.25) is 5.82 Å². The van der Waals surface area contributed by atoms with Gasteiger partial charge < -0.3 is 10.4 Å². The van der Waals surface area contributed by atoms with Gasteiger partial charge in [0.25, 0.3) is 5.91 Å². The zero-order chi connectivity index (χ0) is 15.6. The molecule has 0 aliphatic carbocycles. The molecule has 1 amide bonds. The number of aromatic hydroxyl groups is 1. The molecule has 1 heterocycles. The minimum Gasteiger partial charge on any atom is -0.506 e. The van der Waals surface area contributed by atoms with Crippen molar-refractivity contribution < 1.29 is 23.6 Å². The number of benzene rings is 1. The lowest BCUT2D eigenvalue weighted by atomic mass is 10.2. The Labute approximate surface area is 116 Å². The molecule has 0 bridgehead atoms. The topological polar surface area (TPSA) is 105 Å². The van der Waals surface area contributed by atoms with Crippen LogP contribution in [-0.2, 0) is 0 Å². The van der Waals surface area contributed by atoms with Crippen molar-refractivity contribution in [3.8, 4) is 5.75 Å². The van der Waals surface area contributed by atoms with Gasteiger partial charge in [-0.3, -0.25) is 19.9 Å². The molecular weight excluding hydrogens is 288 g/mol. The first-order valence-corrected chi connectivity index (χ1v) is 5.47. The van der Waals surface area contributed by atoms with E-state index in [1.54, 1.807) is 0 Å². The van der Waals surface area contributed by atoms with E-state index in [9.17, 15) is 28.8 Å². The van der Waals surface area contributed by atoms with Crippen molar-refractivity contribution in [1.29, 1.82) is 0 Å². The van der Waals surface area contributed by atoms with E-state index in [1.807, 2.05) is 5.32 Å². The number of amides is 1. The Bertz CT molecular complexity index is 736. The molecule has 0 saturated heterocycles. The summed E-state index contributed by atoms with van der Waals surface area (Å²) in [4.78, 5) is 24.9. The van der Waals surface area contributed by atoms with E-state index in [2.05, 4.69) is 4.98 Å². The number of nitrogens with zero attached hydrogens (tertiary/aromatic N) is 2. The van der Waals surface area contributed by atoms with Crippen LogP contribution in [0.2, 0.25) is 0 Å². The first kappa shape index (κ1) is 14.3. The number of hydrogen-bond donors (Lipinski definition) is 2. The van der Waals surface area contributed by atoms with Gasteiger partial charge in [0.15, 0.2) is 0 Å². The average Bonchev–Trinajstić information content (AvgIpc) is 2.41. The van der Waals surface area contributed by atoms with Gasteiger partial charge in [0.1, 0.15) is 11.6 Å². The molecule has 1 aromatic heterocycles. The van der Waals surface area contributed by atoms with Crippen LogP contribution in [0.1, 0.15) is 10.4 Å². The number of carbonyl (C=O) groups excluding carboxylic acids is 1. The van der Waals surface area contributed by atoms with Crippen LogP contribution in [0.3, 0.4) is 0 Å². The zero-order valence-corrected chi connectivity index (χ0v) is 10.2. The first-order chi connectivity index (χ1) is 9.88. The van der Waals surface area contributed by atoms with Gasteiger partial charge >= 0.3 is 5.69 Å². The van der Waals surface area contributed by atoms with Crippen LogP contribution in [0.25, 0.3) is 0 Å². The van der Waals surface area contributed by atoms with E-state index >= 15 is 0 Å². The van der Waals surface area contributed by atoms with Crippen molar-refractivity contribution in [2.45, 2.75) is 0 Å². The second kappa shape index (κ2) is 5.49. The number of rotatable bonds is 3. The number of anilines is 1. The Hall–Kier alpha value is -3.10. The maximum Gasteiger partial charge on any atom is 0.307 e. The second-order valence-corrected chi connectivity index (χ2v) is 3.93. The maximum absolute atomic E-state index is 13.5. The molecule has 21 heavy (non-hydrogen) atoms. The molecule has 0 fully saturated rings. The number of pyridine rings is 1. The average molecular weight is 295 g/mol. The molecule has 0 atom stereocenters. The Balaban J connectivity index is 2.33. The predicted molar refractivity (Wildman–Crippen MR) is 66.9 cm³/mol. The monoisotopic (exact) mass is 295 g/mol. The van der Waals surface area contributed by atoms with E-state index < -0.39 is 33.8 Å². The van der Waals surface area contributed by atoms with Crippen molar-refractivity contribution in [1.82, 2.24) is 4.98 Å². The molecule has 0 unspecified atom stereocenters. The summed E-state index contributed by atoms with van der Waals surface area (Å²) in [7, 11) is 0. The molecule has 7 nitrogen and oxygen atoms in total. The highest BCUT2D eigenvalue weighted by molar-refractivity contribution is 6.04. The molecule has 2 rings (SSSR count). The molecule has 0 radical (unpaired) electrons. The Morgan fingerprint density at radius 1 is 1.24 bits per heavy atom. The summed E-state index contributed by atoms with van der Waals surface area (Å²) < 4.78 is 26.7. The van der Waals surface area contributed by atoms with Crippen LogP contribution in [0, 0.1) is 21.7 Å². The van der Waals surface area contributed by atoms with Crippen LogP contribution < -0.4 is 5.32 Å². The standard InChI is InChI=1S/C12H7F2N3O4/c13-8-2-9(14)11(17(20)21)3-10(8)16-12(19)6-1-7(18)5-15-4-6/h1-5,18H,(H,16,19). The summed E-state index contributed by atoms with van der Waals surface area (Å²) in [5, 5.41) is 21.8. The second-order valence-electron chi connectivity index (χ2n) is 3.93. The summed E-state index contributed by atoms with van der Waals surface area (Å²) in [6.07, 6.45) is 2.19. The van der Waals surface area contributed by atoms with Crippen LogP contribution in [0.4, 0.5) is 20.2 Å². The Morgan fingerprint density at radius 3 is 2.57 bits per heavy atom. The van der Waals surface area contributed by atoms with E-state index in [0.717, 1.165) is 18.5 Å². The predicted octanol–water partition coefficient (Wildman–Crippen LogP) is 2.23. The highest BCUT2D eigenvalue weighted by Crippen LogP contribution is 2.25. The third-order valence-electron chi connectivity index (χ3n) is 2.47. The normalized spacial score (nSPS) is 10.2. The van der Waals surface area contributed by atoms with Crippen molar-refractivity contribution in [2.75, 3.05) is 5.32 Å². The molecule has 2 N–H and O–H groups in total. The van der Waals surface area contributed by atoms with E-state index in [-0.39, 0.29) is 11.3 Å². The maximum atomic E-state index is 13.5. The van der Waals surface area contributed by atoms with Gasteiger partial charge in [-0.05, 0) is 6.07 Å². The number of halogens is 2. The Morgan fingerprint density at radius 2 is 1.95 bits per heavy atom. The molecule has 0 aliphatic heterocycles. The molecule has 1 aromatic carbocycles. The summed E-state index contributed by atoms with van der Waals surface area (Å²) in [6.45, 7) is 0.